The lowest BCUT2D eigenvalue weighted by Crippen LogP contribution is -2.70. The van der Waals surface area contributed by atoms with Gasteiger partial charge < -0.3 is 20.1 Å². The van der Waals surface area contributed by atoms with Gasteiger partial charge in [0.1, 0.15) is 5.92 Å². The molecule has 2 aromatic carbocycles. The number of urea groups is 1. The monoisotopic (exact) mass is 387 g/mol. The number of anilines is 1. The Kier molecular flexibility index (Phi) is 4.11. The number of carbonyl (C=O) groups excluding carboxylic acids is 2. The SMILES string of the molecule is COc1cccc2c1OC1(C)NC(=O)NC2C1C(=O)Nc1cccc(Cl)c1. The Morgan fingerprint density at radius 3 is 2.81 bits per heavy atom. The van der Waals surface area contributed by atoms with Crippen molar-refractivity contribution < 1.29 is 19.1 Å². The van der Waals surface area contributed by atoms with E-state index in [4.69, 9.17) is 21.1 Å². The van der Waals surface area contributed by atoms with Crippen LogP contribution in [-0.4, -0.2) is 24.8 Å². The number of rotatable bonds is 3. The normalized spacial score (nSPS) is 25.4. The fourth-order valence-corrected chi connectivity index (χ4v) is 3.87. The number of benzene rings is 2. The lowest BCUT2D eigenvalue weighted by Gasteiger charge is -2.49. The van der Waals surface area contributed by atoms with Gasteiger partial charge in [0.05, 0.1) is 13.2 Å². The Bertz CT molecular complexity index is 935. The van der Waals surface area contributed by atoms with E-state index in [9.17, 15) is 9.59 Å². The average molecular weight is 388 g/mol. The molecule has 0 aromatic heterocycles. The summed E-state index contributed by atoms with van der Waals surface area (Å²) in [6, 6.07) is 11.3. The molecule has 8 heteroatoms. The summed E-state index contributed by atoms with van der Waals surface area (Å²) in [6.07, 6.45) is 0. The highest BCUT2D eigenvalue weighted by atomic mass is 35.5. The lowest BCUT2D eigenvalue weighted by atomic mass is 9.79. The minimum absolute atomic E-state index is 0.300. The summed E-state index contributed by atoms with van der Waals surface area (Å²) in [6.45, 7) is 1.68. The minimum atomic E-state index is -1.24. The predicted octanol–water partition coefficient (Wildman–Crippen LogP) is 3.07. The summed E-state index contributed by atoms with van der Waals surface area (Å²) >= 11 is 6.00. The molecule has 0 aliphatic carbocycles. The second-order valence-corrected chi connectivity index (χ2v) is 7.08. The molecule has 2 aliphatic heterocycles. The molecule has 4 rings (SSSR count). The van der Waals surface area contributed by atoms with Crippen LogP contribution in [0.3, 0.4) is 0 Å². The molecule has 0 radical (unpaired) electrons. The number of halogens is 1. The molecule has 1 saturated heterocycles. The van der Waals surface area contributed by atoms with Gasteiger partial charge in [-0.1, -0.05) is 29.8 Å². The second kappa shape index (κ2) is 6.35. The minimum Gasteiger partial charge on any atom is -0.493 e. The number of ether oxygens (including phenoxy) is 2. The first kappa shape index (κ1) is 17.5. The van der Waals surface area contributed by atoms with Gasteiger partial charge in [-0.3, -0.25) is 10.1 Å². The summed E-state index contributed by atoms with van der Waals surface area (Å²) in [4.78, 5) is 25.2. The van der Waals surface area contributed by atoms with E-state index in [1.807, 2.05) is 6.07 Å². The quantitative estimate of drug-likeness (QED) is 0.755. The van der Waals surface area contributed by atoms with E-state index < -0.39 is 23.7 Å². The van der Waals surface area contributed by atoms with E-state index in [2.05, 4.69) is 16.0 Å². The van der Waals surface area contributed by atoms with E-state index in [1.165, 1.54) is 0 Å². The van der Waals surface area contributed by atoms with Crippen LogP contribution >= 0.6 is 11.6 Å². The Labute approximate surface area is 161 Å². The van der Waals surface area contributed by atoms with E-state index in [0.717, 1.165) is 0 Å². The van der Waals surface area contributed by atoms with E-state index in [0.29, 0.717) is 27.8 Å². The Morgan fingerprint density at radius 2 is 2.07 bits per heavy atom. The third-order valence-corrected chi connectivity index (χ3v) is 5.06. The molecule has 2 heterocycles. The van der Waals surface area contributed by atoms with Crippen molar-refractivity contribution in [2.45, 2.75) is 18.7 Å². The van der Waals surface area contributed by atoms with Crippen molar-refractivity contribution in [3.63, 3.8) is 0 Å². The highest BCUT2D eigenvalue weighted by molar-refractivity contribution is 6.30. The topological polar surface area (TPSA) is 88.7 Å². The van der Waals surface area contributed by atoms with Crippen molar-refractivity contribution in [1.29, 1.82) is 0 Å². The van der Waals surface area contributed by atoms with Gasteiger partial charge in [0.25, 0.3) is 0 Å². The molecule has 2 aromatic rings. The van der Waals surface area contributed by atoms with Crippen LogP contribution in [0.15, 0.2) is 42.5 Å². The van der Waals surface area contributed by atoms with Gasteiger partial charge in [-0.25, -0.2) is 4.79 Å². The number of para-hydroxylation sites is 1. The first-order valence-electron chi connectivity index (χ1n) is 8.42. The van der Waals surface area contributed by atoms with E-state index in [1.54, 1.807) is 50.4 Å². The van der Waals surface area contributed by atoms with E-state index in [-0.39, 0.29) is 5.91 Å². The maximum absolute atomic E-state index is 13.1. The van der Waals surface area contributed by atoms with Gasteiger partial charge in [0.2, 0.25) is 5.91 Å². The van der Waals surface area contributed by atoms with Crippen LogP contribution in [-0.2, 0) is 4.79 Å². The number of hydrogen-bond donors (Lipinski definition) is 3. The van der Waals surface area contributed by atoms with Gasteiger partial charge in [0.15, 0.2) is 17.2 Å². The van der Waals surface area contributed by atoms with Crippen molar-refractivity contribution in [1.82, 2.24) is 10.6 Å². The van der Waals surface area contributed by atoms with Gasteiger partial charge >= 0.3 is 6.03 Å². The van der Waals surface area contributed by atoms with Crippen molar-refractivity contribution in [2.24, 2.45) is 5.92 Å². The van der Waals surface area contributed by atoms with Crippen LogP contribution in [0, 0.1) is 5.92 Å². The fraction of sp³-hybridized carbons (Fsp3) is 0.263. The van der Waals surface area contributed by atoms with Gasteiger partial charge in [-0.15, -0.1) is 0 Å². The lowest BCUT2D eigenvalue weighted by molar-refractivity contribution is -0.133. The number of hydrogen-bond acceptors (Lipinski definition) is 4. The molecule has 27 heavy (non-hydrogen) atoms. The first-order valence-corrected chi connectivity index (χ1v) is 8.80. The number of carbonyl (C=O) groups is 2. The zero-order valence-corrected chi connectivity index (χ0v) is 15.5. The third kappa shape index (κ3) is 2.94. The van der Waals surface area contributed by atoms with E-state index >= 15 is 0 Å². The van der Waals surface area contributed by atoms with Crippen LogP contribution in [0.5, 0.6) is 11.5 Å². The zero-order chi connectivity index (χ0) is 19.2. The Morgan fingerprint density at radius 1 is 1.30 bits per heavy atom. The van der Waals surface area contributed by atoms with Crippen molar-refractivity contribution in [2.75, 3.05) is 12.4 Å². The zero-order valence-electron chi connectivity index (χ0n) is 14.7. The van der Waals surface area contributed by atoms with Crippen molar-refractivity contribution in [3.8, 4) is 11.5 Å². The molecule has 3 unspecified atom stereocenters. The molecule has 0 saturated carbocycles. The highest BCUT2D eigenvalue weighted by Crippen LogP contribution is 2.48. The molecule has 2 aliphatic rings. The van der Waals surface area contributed by atoms with Gasteiger partial charge in [-0.05, 0) is 31.2 Å². The molecule has 1 fully saturated rings. The summed E-state index contributed by atoms with van der Waals surface area (Å²) in [5.74, 6) is 0.0294. The molecule has 7 nitrogen and oxygen atoms in total. The Balaban J connectivity index is 1.74. The average Bonchev–Trinajstić information content (AvgIpc) is 2.60. The molecule has 140 valence electrons. The van der Waals surface area contributed by atoms with Crippen LogP contribution in [0.2, 0.25) is 5.02 Å². The number of amides is 3. The maximum atomic E-state index is 13.1. The molecule has 3 amide bonds. The second-order valence-electron chi connectivity index (χ2n) is 6.64. The smallest absolute Gasteiger partial charge is 0.318 e. The summed E-state index contributed by atoms with van der Waals surface area (Å²) in [5.41, 5.74) is 0.0157. The van der Waals surface area contributed by atoms with Crippen LogP contribution in [0.25, 0.3) is 0 Å². The third-order valence-electron chi connectivity index (χ3n) is 4.83. The predicted molar refractivity (Wildman–Crippen MR) is 100 cm³/mol. The van der Waals surface area contributed by atoms with Crippen molar-refractivity contribution in [3.05, 3.63) is 53.1 Å². The number of methoxy groups -OCH3 is 1. The molecular weight excluding hydrogens is 370 g/mol. The van der Waals surface area contributed by atoms with Crippen molar-refractivity contribution >= 4 is 29.2 Å². The number of fused-ring (bicyclic) bond motifs is 4. The van der Waals surface area contributed by atoms with Gasteiger partial charge in [-0.2, -0.15) is 0 Å². The molecular formula is C19H18ClN3O4. The summed E-state index contributed by atoms with van der Waals surface area (Å²) < 4.78 is 11.5. The molecule has 2 bridgehead atoms. The largest absolute Gasteiger partial charge is 0.493 e. The van der Waals surface area contributed by atoms with Crippen LogP contribution in [0.4, 0.5) is 10.5 Å². The molecule has 0 spiro atoms. The van der Waals surface area contributed by atoms with Crippen LogP contribution < -0.4 is 25.4 Å². The molecule has 3 N–H and O–H groups in total. The maximum Gasteiger partial charge on any atom is 0.318 e. The van der Waals surface area contributed by atoms with Crippen LogP contribution in [0.1, 0.15) is 18.5 Å². The standard InChI is InChI=1S/C19H18ClN3O4/c1-19-14(17(24)21-11-6-3-5-10(20)9-11)15(22-18(25)23-19)12-7-4-8-13(26-2)16(12)27-19/h3-9,14-15H,1-2H3,(H,21,24)(H2,22,23,25). The highest BCUT2D eigenvalue weighted by Gasteiger charge is 2.56. The number of nitrogens with one attached hydrogen (secondary N) is 3. The summed E-state index contributed by atoms with van der Waals surface area (Å²) in [5, 5.41) is 8.93. The Hall–Kier alpha value is -2.93. The molecule has 3 atom stereocenters. The first-order chi connectivity index (χ1) is 12.9. The van der Waals surface area contributed by atoms with Gasteiger partial charge in [0, 0.05) is 16.3 Å². The fourth-order valence-electron chi connectivity index (χ4n) is 3.68. The summed E-state index contributed by atoms with van der Waals surface area (Å²) in [7, 11) is 1.54.